The molecule has 1 atom stereocenters. The van der Waals surface area contributed by atoms with Crippen LogP contribution in [0, 0.1) is 11.2 Å². The summed E-state index contributed by atoms with van der Waals surface area (Å²) in [5.74, 6) is -2.24. The Morgan fingerprint density at radius 1 is 1.26 bits per heavy atom. The van der Waals surface area contributed by atoms with Crippen molar-refractivity contribution in [2.24, 2.45) is 5.41 Å². The largest absolute Gasteiger partial charge is 0.477 e. The maximum atomic E-state index is 15.4. The van der Waals surface area contributed by atoms with Gasteiger partial charge in [-0.2, -0.15) is 0 Å². The fourth-order valence-electron chi connectivity index (χ4n) is 4.42. The molecule has 3 aromatic heterocycles. The van der Waals surface area contributed by atoms with Crippen LogP contribution in [0.1, 0.15) is 42.7 Å². The molecule has 158 valence electrons. The monoisotopic (exact) mass is 437 g/mol. The third-order valence-electron chi connectivity index (χ3n) is 5.96. The van der Waals surface area contributed by atoms with Gasteiger partial charge in [0, 0.05) is 33.6 Å². The summed E-state index contributed by atoms with van der Waals surface area (Å²) in [6.07, 6.45) is 1.80. The number of carbonyl (C=O) groups is 1. The van der Waals surface area contributed by atoms with E-state index in [1.807, 2.05) is 56.5 Å². The van der Waals surface area contributed by atoms with Crippen LogP contribution in [0.15, 0.2) is 51.1 Å². The number of pyridine rings is 1. The summed E-state index contributed by atoms with van der Waals surface area (Å²) in [5, 5.41) is 12.3. The molecule has 4 heterocycles. The Hall–Kier alpha value is -3.19. The fourth-order valence-corrected chi connectivity index (χ4v) is 5.17. The smallest absolute Gasteiger partial charge is 0.341 e. The van der Waals surface area contributed by atoms with E-state index in [9.17, 15) is 14.7 Å². The molecule has 4 aromatic rings. The van der Waals surface area contributed by atoms with E-state index in [1.165, 1.54) is 6.20 Å². The summed E-state index contributed by atoms with van der Waals surface area (Å²) in [4.78, 5) is 25.1. The number of thiophene rings is 1. The standard InChI is InChI=1S/C24H20FNO4S/c1-24(2,3)17-10-14-12-6-4-7-13(16-8-5-9-31-16)21(12)30-22(14)19-18(25)20(27)15(23(28)29)11-26(17)19/h4-9,11,17H,10H2,1-3H3,(H,28,29)/t17-/m0/s1. The molecule has 0 saturated carbocycles. The molecule has 0 saturated heterocycles. The SMILES string of the molecule is CC(C)(C)[C@@H]1Cc2c(oc3c(-c4cccs4)cccc23)-c2c(F)c(=O)c(C(=O)O)cn21. The highest BCUT2D eigenvalue weighted by Crippen LogP contribution is 2.48. The molecule has 0 spiro atoms. The first-order valence-corrected chi connectivity index (χ1v) is 10.8. The third-order valence-corrected chi connectivity index (χ3v) is 6.86. The van der Waals surface area contributed by atoms with E-state index in [2.05, 4.69) is 0 Å². The molecule has 1 aliphatic heterocycles. The number of nitrogens with zero attached hydrogens (tertiary/aromatic N) is 1. The Labute approximate surface area is 181 Å². The van der Waals surface area contributed by atoms with Crippen molar-refractivity contribution in [1.29, 1.82) is 0 Å². The number of aromatic nitrogens is 1. The second kappa shape index (κ2) is 6.65. The van der Waals surface area contributed by atoms with E-state index in [1.54, 1.807) is 15.9 Å². The fraction of sp³-hybridized carbons (Fsp3) is 0.250. The van der Waals surface area contributed by atoms with Crippen LogP contribution < -0.4 is 5.43 Å². The molecule has 0 fully saturated rings. The van der Waals surface area contributed by atoms with Gasteiger partial charge in [-0.05, 0) is 29.3 Å². The second-order valence-corrected chi connectivity index (χ2v) is 9.85. The van der Waals surface area contributed by atoms with Gasteiger partial charge in [-0.15, -0.1) is 11.3 Å². The van der Waals surface area contributed by atoms with E-state index in [4.69, 9.17) is 4.42 Å². The number of hydrogen-bond donors (Lipinski definition) is 1. The lowest BCUT2D eigenvalue weighted by molar-refractivity contribution is 0.0692. The van der Waals surface area contributed by atoms with Crippen molar-refractivity contribution in [3.05, 3.63) is 69.1 Å². The van der Waals surface area contributed by atoms with Gasteiger partial charge in [0.25, 0.3) is 0 Å². The van der Waals surface area contributed by atoms with Crippen molar-refractivity contribution in [3.63, 3.8) is 0 Å². The molecular weight excluding hydrogens is 417 g/mol. The summed E-state index contributed by atoms with van der Waals surface area (Å²) < 4.78 is 23.2. The second-order valence-electron chi connectivity index (χ2n) is 8.90. The van der Waals surface area contributed by atoms with Crippen LogP contribution in [-0.2, 0) is 6.42 Å². The molecule has 5 rings (SSSR count). The normalized spacial score (nSPS) is 15.7. The quantitative estimate of drug-likeness (QED) is 0.419. The van der Waals surface area contributed by atoms with Gasteiger partial charge in [-0.25, -0.2) is 9.18 Å². The van der Waals surface area contributed by atoms with Gasteiger partial charge in [0.15, 0.2) is 11.6 Å². The van der Waals surface area contributed by atoms with Crippen molar-refractivity contribution in [1.82, 2.24) is 4.57 Å². The zero-order valence-electron chi connectivity index (χ0n) is 17.2. The van der Waals surface area contributed by atoms with Crippen LogP contribution in [0.3, 0.4) is 0 Å². The first-order chi connectivity index (χ1) is 14.7. The van der Waals surface area contributed by atoms with Crippen LogP contribution in [0.2, 0.25) is 0 Å². The molecule has 0 bridgehead atoms. The number of rotatable bonds is 2. The van der Waals surface area contributed by atoms with Crippen molar-refractivity contribution >= 4 is 28.3 Å². The summed E-state index contributed by atoms with van der Waals surface area (Å²) in [7, 11) is 0. The molecule has 5 nitrogen and oxygen atoms in total. The Morgan fingerprint density at radius 3 is 2.68 bits per heavy atom. The lowest BCUT2D eigenvalue weighted by atomic mass is 9.79. The lowest BCUT2D eigenvalue weighted by Crippen LogP contribution is -2.34. The summed E-state index contributed by atoms with van der Waals surface area (Å²) in [6, 6.07) is 9.56. The van der Waals surface area contributed by atoms with Crippen LogP contribution in [0.25, 0.3) is 32.9 Å². The van der Waals surface area contributed by atoms with E-state index in [-0.39, 0.29) is 17.2 Å². The van der Waals surface area contributed by atoms with Gasteiger partial charge in [0.1, 0.15) is 16.8 Å². The number of aromatic carboxylic acids is 1. The average molecular weight is 437 g/mol. The van der Waals surface area contributed by atoms with Gasteiger partial charge in [-0.3, -0.25) is 4.79 Å². The zero-order valence-corrected chi connectivity index (χ0v) is 18.0. The average Bonchev–Trinajstić information content (AvgIpc) is 3.36. The minimum Gasteiger partial charge on any atom is -0.477 e. The van der Waals surface area contributed by atoms with Crippen LogP contribution in [0.5, 0.6) is 0 Å². The van der Waals surface area contributed by atoms with Crippen molar-refractivity contribution in [2.75, 3.05) is 0 Å². The molecule has 0 unspecified atom stereocenters. The van der Waals surface area contributed by atoms with E-state index in [0.717, 1.165) is 21.4 Å². The Kier molecular flexibility index (Phi) is 4.24. The van der Waals surface area contributed by atoms with E-state index < -0.39 is 22.8 Å². The number of furan rings is 1. The zero-order chi connectivity index (χ0) is 22.1. The van der Waals surface area contributed by atoms with Crippen LogP contribution in [-0.4, -0.2) is 15.6 Å². The topological polar surface area (TPSA) is 72.4 Å². The number of carboxylic acid groups (broad SMARTS) is 1. The highest BCUT2D eigenvalue weighted by Gasteiger charge is 2.38. The third kappa shape index (κ3) is 2.87. The molecule has 0 aliphatic carbocycles. The maximum Gasteiger partial charge on any atom is 0.341 e. The number of benzene rings is 1. The summed E-state index contributed by atoms with van der Waals surface area (Å²) in [6.45, 7) is 6.05. The predicted molar refractivity (Wildman–Crippen MR) is 118 cm³/mol. The molecule has 0 amide bonds. The van der Waals surface area contributed by atoms with E-state index >= 15 is 4.39 Å². The van der Waals surface area contributed by atoms with E-state index in [0.29, 0.717) is 17.8 Å². The lowest BCUT2D eigenvalue weighted by Gasteiger charge is -2.37. The number of fused-ring (bicyclic) bond motifs is 5. The predicted octanol–water partition coefficient (Wildman–Crippen LogP) is 5.97. The number of hydrogen-bond acceptors (Lipinski definition) is 4. The summed E-state index contributed by atoms with van der Waals surface area (Å²) in [5.41, 5.74) is 0.390. The van der Waals surface area contributed by atoms with Gasteiger partial charge in [0.05, 0.1) is 0 Å². The summed E-state index contributed by atoms with van der Waals surface area (Å²) >= 11 is 1.58. The first-order valence-electron chi connectivity index (χ1n) is 9.95. The van der Waals surface area contributed by atoms with Crippen LogP contribution in [0.4, 0.5) is 4.39 Å². The van der Waals surface area contributed by atoms with Crippen molar-refractivity contribution in [3.8, 4) is 21.9 Å². The molecule has 1 aromatic carbocycles. The number of carboxylic acids is 1. The molecule has 1 N–H and O–H groups in total. The minimum absolute atomic E-state index is 0.0181. The minimum atomic E-state index is -1.44. The highest BCUT2D eigenvalue weighted by molar-refractivity contribution is 7.13. The van der Waals surface area contributed by atoms with Crippen molar-refractivity contribution in [2.45, 2.75) is 33.2 Å². The van der Waals surface area contributed by atoms with Crippen molar-refractivity contribution < 1.29 is 18.7 Å². The maximum absolute atomic E-state index is 15.4. The Balaban J connectivity index is 1.88. The van der Waals surface area contributed by atoms with Gasteiger partial charge in [0.2, 0.25) is 5.43 Å². The molecule has 0 radical (unpaired) electrons. The number of halogens is 1. The molecular formula is C24H20FNO4S. The molecule has 31 heavy (non-hydrogen) atoms. The Bertz CT molecular complexity index is 1410. The van der Waals surface area contributed by atoms with Gasteiger partial charge < -0.3 is 14.1 Å². The number of para-hydroxylation sites is 1. The highest BCUT2D eigenvalue weighted by atomic mass is 32.1. The van der Waals surface area contributed by atoms with Gasteiger partial charge in [-0.1, -0.05) is 39.0 Å². The van der Waals surface area contributed by atoms with Crippen LogP contribution >= 0.6 is 11.3 Å². The molecule has 7 heteroatoms. The Morgan fingerprint density at radius 2 is 2.03 bits per heavy atom. The first kappa shape index (κ1) is 19.8. The van der Waals surface area contributed by atoms with Gasteiger partial charge >= 0.3 is 5.97 Å². The molecule has 1 aliphatic rings.